The zero-order valence-corrected chi connectivity index (χ0v) is 21.3. The molecule has 0 bridgehead atoms. The Kier molecular flexibility index (Phi) is 7.23. The molecule has 3 aromatic rings. The van der Waals surface area contributed by atoms with Crippen molar-refractivity contribution in [3.8, 4) is 0 Å². The van der Waals surface area contributed by atoms with Crippen molar-refractivity contribution < 1.29 is 17.9 Å². The number of nitrogens with zero attached hydrogens (tertiary/aromatic N) is 2. The van der Waals surface area contributed by atoms with Gasteiger partial charge in [0.2, 0.25) is 10.0 Å². The predicted molar refractivity (Wildman–Crippen MR) is 132 cm³/mol. The van der Waals surface area contributed by atoms with Gasteiger partial charge in [-0.15, -0.1) is 11.3 Å². The number of halogens is 3. The fourth-order valence-electron chi connectivity index (χ4n) is 3.83. The van der Waals surface area contributed by atoms with Crippen LogP contribution in [0.2, 0.25) is 15.1 Å². The maximum atomic E-state index is 13.5. The quantitative estimate of drug-likeness (QED) is 0.382. The van der Waals surface area contributed by atoms with E-state index in [-0.39, 0.29) is 28.9 Å². The van der Waals surface area contributed by atoms with Gasteiger partial charge in [0.05, 0.1) is 23.9 Å². The summed E-state index contributed by atoms with van der Waals surface area (Å²) in [7, 11) is -2.71. The summed E-state index contributed by atoms with van der Waals surface area (Å²) < 4.78 is 33.2. The van der Waals surface area contributed by atoms with Gasteiger partial charge in [-0.3, -0.25) is 0 Å². The molecule has 4 rings (SSSR count). The molecule has 1 aromatic heterocycles. The van der Waals surface area contributed by atoms with E-state index >= 15 is 0 Å². The number of benzene rings is 2. The average molecular weight is 546 g/mol. The number of carbonyl (C=O) groups excluding carboxylic acids is 1. The minimum absolute atomic E-state index is 0.0489. The predicted octanol–water partition coefficient (Wildman–Crippen LogP) is 5.75. The lowest BCUT2D eigenvalue weighted by molar-refractivity contribution is 0.0602. The zero-order chi connectivity index (χ0) is 23.8. The van der Waals surface area contributed by atoms with Crippen LogP contribution in [0.15, 0.2) is 58.8 Å². The van der Waals surface area contributed by atoms with E-state index in [1.165, 1.54) is 17.5 Å². The number of anilines is 1. The van der Waals surface area contributed by atoms with E-state index < -0.39 is 16.0 Å². The van der Waals surface area contributed by atoms with Gasteiger partial charge in [-0.1, -0.05) is 46.9 Å². The van der Waals surface area contributed by atoms with E-state index in [9.17, 15) is 13.2 Å². The standard InChI is InChI=1S/C22H19Cl3N2O4S2/c1-31-22(28)21-20(8-11-32-21)33(29,30)26-9-10-27(18-7-6-16(24)12-17(18)25)19(13-26)14-2-4-15(23)5-3-14/h2-8,11-12,19H,9-10,13H2,1H3. The van der Waals surface area contributed by atoms with Crippen molar-refractivity contribution in [1.29, 1.82) is 0 Å². The van der Waals surface area contributed by atoms with E-state index in [2.05, 4.69) is 4.90 Å². The molecule has 174 valence electrons. The average Bonchev–Trinajstić information content (AvgIpc) is 3.30. The van der Waals surface area contributed by atoms with Crippen LogP contribution in [0.5, 0.6) is 0 Å². The number of piperazine rings is 1. The Morgan fingerprint density at radius 1 is 1.03 bits per heavy atom. The molecule has 1 atom stereocenters. The van der Waals surface area contributed by atoms with Crippen LogP contribution < -0.4 is 4.90 Å². The largest absolute Gasteiger partial charge is 0.465 e. The maximum Gasteiger partial charge on any atom is 0.349 e. The van der Waals surface area contributed by atoms with Crippen molar-refractivity contribution in [3.63, 3.8) is 0 Å². The summed E-state index contributed by atoms with van der Waals surface area (Å²) in [5, 5.41) is 3.14. The smallest absolute Gasteiger partial charge is 0.349 e. The van der Waals surface area contributed by atoms with Crippen LogP contribution in [0.4, 0.5) is 5.69 Å². The second-order valence-corrected chi connectivity index (χ2v) is 11.4. The van der Waals surface area contributed by atoms with Gasteiger partial charge in [-0.05, 0) is 47.3 Å². The number of carbonyl (C=O) groups is 1. The van der Waals surface area contributed by atoms with E-state index in [1.54, 1.807) is 29.6 Å². The normalized spacial score (nSPS) is 17.2. The fourth-order valence-corrected chi connectivity index (χ4v) is 7.22. The molecule has 33 heavy (non-hydrogen) atoms. The van der Waals surface area contributed by atoms with Crippen LogP contribution in [0.25, 0.3) is 0 Å². The van der Waals surface area contributed by atoms with Crippen LogP contribution in [0, 0.1) is 0 Å². The summed E-state index contributed by atoms with van der Waals surface area (Å²) in [5.74, 6) is -0.676. The van der Waals surface area contributed by atoms with Gasteiger partial charge in [0.15, 0.2) is 0 Å². The Morgan fingerprint density at radius 2 is 1.73 bits per heavy atom. The Morgan fingerprint density at radius 3 is 2.39 bits per heavy atom. The van der Waals surface area contributed by atoms with Crippen molar-refractivity contribution in [2.24, 2.45) is 0 Å². The SMILES string of the molecule is COC(=O)c1sccc1S(=O)(=O)N1CCN(c2ccc(Cl)cc2Cl)C(c2ccc(Cl)cc2)C1. The van der Waals surface area contributed by atoms with Gasteiger partial charge in [-0.25, -0.2) is 13.2 Å². The van der Waals surface area contributed by atoms with Crippen LogP contribution in [-0.4, -0.2) is 45.4 Å². The molecular weight excluding hydrogens is 527 g/mol. The molecule has 1 fully saturated rings. The summed E-state index contributed by atoms with van der Waals surface area (Å²) in [5.41, 5.74) is 1.63. The van der Waals surface area contributed by atoms with Crippen molar-refractivity contribution in [1.82, 2.24) is 4.31 Å². The topological polar surface area (TPSA) is 66.9 Å². The lowest BCUT2D eigenvalue weighted by Gasteiger charge is -2.42. The molecule has 0 radical (unpaired) electrons. The van der Waals surface area contributed by atoms with E-state index in [0.29, 0.717) is 21.6 Å². The van der Waals surface area contributed by atoms with Gasteiger partial charge in [0.1, 0.15) is 9.77 Å². The minimum atomic E-state index is -3.94. The Hall–Kier alpha value is -1.81. The molecule has 0 saturated carbocycles. The minimum Gasteiger partial charge on any atom is -0.465 e. The first-order valence-electron chi connectivity index (χ1n) is 9.85. The molecular formula is C22H19Cl3N2O4S2. The molecule has 0 spiro atoms. The number of thiophene rings is 1. The highest BCUT2D eigenvalue weighted by Gasteiger charge is 2.38. The Labute approximate surface area is 211 Å². The molecule has 1 aliphatic heterocycles. The first-order chi connectivity index (χ1) is 15.7. The van der Waals surface area contributed by atoms with Crippen LogP contribution in [-0.2, 0) is 14.8 Å². The molecule has 11 heteroatoms. The maximum absolute atomic E-state index is 13.5. The summed E-state index contributed by atoms with van der Waals surface area (Å²) in [6, 6.07) is 13.6. The van der Waals surface area contributed by atoms with Crippen molar-refractivity contribution in [2.45, 2.75) is 10.9 Å². The fraction of sp³-hybridized carbons (Fsp3) is 0.227. The van der Waals surface area contributed by atoms with Crippen molar-refractivity contribution in [2.75, 3.05) is 31.6 Å². The Bertz CT molecular complexity index is 1280. The summed E-state index contributed by atoms with van der Waals surface area (Å²) in [6.45, 7) is 0.743. The van der Waals surface area contributed by atoms with E-state index in [0.717, 1.165) is 22.6 Å². The van der Waals surface area contributed by atoms with Gasteiger partial charge in [0, 0.05) is 29.7 Å². The molecule has 2 heterocycles. The number of ether oxygens (including phenoxy) is 1. The third-order valence-electron chi connectivity index (χ3n) is 5.43. The van der Waals surface area contributed by atoms with Gasteiger partial charge in [-0.2, -0.15) is 4.31 Å². The lowest BCUT2D eigenvalue weighted by atomic mass is 10.0. The van der Waals surface area contributed by atoms with E-state index in [4.69, 9.17) is 39.5 Å². The monoisotopic (exact) mass is 544 g/mol. The molecule has 0 N–H and O–H groups in total. The number of methoxy groups -OCH3 is 1. The second kappa shape index (κ2) is 9.82. The second-order valence-electron chi connectivity index (χ2n) is 7.33. The molecule has 2 aromatic carbocycles. The third-order valence-corrected chi connectivity index (χ3v) is 9.16. The van der Waals surface area contributed by atoms with Gasteiger partial charge in [0.25, 0.3) is 0 Å². The summed E-state index contributed by atoms with van der Waals surface area (Å²) >= 11 is 19.7. The number of sulfonamides is 1. The first-order valence-corrected chi connectivity index (χ1v) is 13.3. The number of hydrogen-bond acceptors (Lipinski definition) is 6. The molecule has 1 aliphatic rings. The number of hydrogen-bond donors (Lipinski definition) is 0. The van der Waals surface area contributed by atoms with Crippen molar-refractivity contribution >= 4 is 67.8 Å². The molecule has 6 nitrogen and oxygen atoms in total. The van der Waals surface area contributed by atoms with E-state index in [1.807, 2.05) is 18.2 Å². The zero-order valence-electron chi connectivity index (χ0n) is 17.4. The molecule has 0 amide bonds. The molecule has 1 saturated heterocycles. The number of esters is 1. The van der Waals surface area contributed by atoms with Crippen LogP contribution in [0.3, 0.4) is 0 Å². The summed E-state index contributed by atoms with van der Waals surface area (Å²) in [4.78, 5) is 14.2. The highest BCUT2D eigenvalue weighted by molar-refractivity contribution is 7.89. The van der Waals surface area contributed by atoms with Crippen molar-refractivity contribution in [3.05, 3.63) is 79.4 Å². The first kappa shape index (κ1) is 24.3. The van der Waals surface area contributed by atoms with Crippen LogP contribution in [0.1, 0.15) is 21.3 Å². The number of rotatable bonds is 5. The van der Waals surface area contributed by atoms with Gasteiger partial charge >= 0.3 is 5.97 Å². The third kappa shape index (κ3) is 4.87. The molecule has 0 aliphatic carbocycles. The highest BCUT2D eigenvalue weighted by Crippen LogP contribution is 2.38. The van der Waals surface area contributed by atoms with Gasteiger partial charge < -0.3 is 9.64 Å². The molecule has 1 unspecified atom stereocenters. The summed E-state index contributed by atoms with van der Waals surface area (Å²) in [6.07, 6.45) is 0. The Balaban J connectivity index is 1.73. The lowest BCUT2D eigenvalue weighted by Crippen LogP contribution is -2.50. The van der Waals surface area contributed by atoms with Crippen LogP contribution >= 0.6 is 46.1 Å². The highest BCUT2D eigenvalue weighted by atomic mass is 35.5.